The van der Waals surface area contributed by atoms with Gasteiger partial charge in [-0.3, -0.25) is 0 Å². The maximum Gasteiger partial charge on any atom is 0.159 e. The Kier molecular flexibility index (Phi) is 6.06. The van der Waals surface area contributed by atoms with E-state index >= 15 is 0 Å². The van der Waals surface area contributed by atoms with Crippen LogP contribution in [0.4, 0.5) is 5.82 Å². The molecule has 0 saturated heterocycles. The molecule has 0 unspecified atom stereocenters. The van der Waals surface area contributed by atoms with Crippen molar-refractivity contribution in [3.63, 3.8) is 0 Å². The lowest BCUT2D eigenvalue weighted by Crippen LogP contribution is -2.20. The summed E-state index contributed by atoms with van der Waals surface area (Å²) in [6, 6.07) is 8.08. The van der Waals surface area contributed by atoms with E-state index in [2.05, 4.69) is 22.5 Å². The summed E-state index contributed by atoms with van der Waals surface area (Å²) in [5, 5.41) is 1.08. The van der Waals surface area contributed by atoms with Crippen molar-refractivity contribution in [3.05, 3.63) is 30.1 Å². The van der Waals surface area contributed by atoms with Crippen LogP contribution >= 0.6 is 0 Å². The van der Waals surface area contributed by atoms with Crippen molar-refractivity contribution < 1.29 is 9.47 Å². The second-order valence-electron chi connectivity index (χ2n) is 6.27. The smallest absolute Gasteiger partial charge is 0.159 e. The van der Waals surface area contributed by atoms with Crippen LogP contribution in [0.2, 0.25) is 0 Å². The van der Waals surface area contributed by atoms with Crippen molar-refractivity contribution in [1.29, 1.82) is 0 Å². The number of nitrogen functional groups attached to an aromatic ring is 1. The van der Waals surface area contributed by atoms with Gasteiger partial charge in [0.2, 0.25) is 0 Å². The molecule has 140 valence electrons. The van der Waals surface area contributed by atoms with E-state index in [-0.39, 0.29) is 6.29 Å². The fourth-order valence-corrected chi connectivity index (χ4v) is 3.38. The molecule has 26 heavy (non-hydrogen) atoms. The molecule has 0 aliphatic rings. The first-order valence-corrected chi connectivity index (χ1v) is 9.46. The van der Waals surface area contributed by atoms with Gasteiger partial charge in [0.1, 0.15) is 11.3 Å². The lowest BCUT2D eigenvalue weighted by atomic mass is 10.2. The molecule has 0 spiro atoms. The van der Waals surface area contributed by atoms with E-state index in [4.69, 9.17) is 20.2 Å². The summed E-state index contributed by atoms with van der Waals surface area (Å²) in [6.45, 7) is 8.17. The Morgan fingerprint density at radius 2 is 1.81 bits per heavy atom. The van der Waals surface area contributed by atoms with E-state index < -0.39 is 0 Å². The Bertz CT molecular complexity index is 869. The molecule has 3 rings (SSSR count). The molecule has 0 aliphatic carbocycles. The van der Waals surface area contributed by atoms with Crippen LogP contribution in [0.15, 0.2) is 24.3 Å². The first-order valence-electron chi connectivity index (χ1n) is 9.46. The molecule has 6 heteroatoms. The second kappa shape index (κ2) is 8.47. The number of hydrogen-bond acceptors (Lipinski definition) is 5. The maximum absolute atomic E-state index is 6.22. The highest BCUT2D eigenvalue weighted by atomic mass is 16.7. The number of hydrogen-bond donors (Lipinski definition) is 1. The van der Waals surface area contributed by atoms with Crippen LogP contribution in [0.5, 0.6) is 0 Å². The Labute approximate surface area is 154 Å². The van der Waals surface area contributed by atoms with Crippen LogP contribution in [0, 0.1) is 0 Å². The number of pyridine rings is 1. The highest BCUT2D eigenvalue weighted by Gasteiger charge is 2.18. The Morgan fingerprint density at radius 1 is 1.08 bits per heavy atom. The minimum absolute atomic E-state index is 0.206. The summed E-state index contributed by atoms with van der Waals surface area (Å²) >= 11 is 0. The number of rotatable bonds is 9. The first kappa shape index (κ1) is 18.6. The molecule has 2 N–H and O–H groups in total. The van der Waals surface area contributed by atoms with Crippen molar-refractivity contribution in [3.8, 4) is 0 Å². The topological polar surface area (TPSA) is 75.2 Å². The van der Waals surface area contributed by atoms with Crippen LogP contribution < -0.4 is 5.73 Å². The van der Waals surface area contributed by atoms with Crippen LogP contribution in [0.3, 0.4) is 0 Å². The van der Waals surface area contributed by atoms with E-state index in [1.54, 1.807) is 0 Å². The van der Waals surface area contributed by atoms with Crippen molar-refractivity contribution in [2.24, 2.45) is 0 Å². The molecule has 6 nitrogen and oxygen atoms in total. The van der Waals surface area contributed by atoms with Crippen LogP contribution in [0.25, 0.3) is 21.9 Å². The first-order chi connectivity index (χ1) is 12.7. The van der Waals surface area contributed by atoms with Gasteiger partial charge in [-0.15, -0.1) is 0 Å². The summed E-state index contributed by atoms with van der Waals surface area (Å²) < 4.78 is 13.7. The minimum atomic E-state index is -0.206. The van der Waals surface area contributed by atoms with Gasteiger partial charge in [0.05, 0.1) is 11.0 Å². The van der Waals surface area contributed by atoms with E-state index in [1.165, 1.54) is 0 Å². The van der Waals surface area contributed by atoms with Crippen LogP contribution in [0.1, 0.15) is 39.4 Å². The monoisotopic (exact) mass is 356 g/mol. The Morgan fingerprint density at radius 3 is 2.50 bits per heavy atom. The molecule has 1 aromatic carbocycles. The number of aryl methyl sites for hydroxylation is 2. The van der Waals surface area contributed by atoms with Gasteiger partial charge in [0.25, 0.3) is 0 Å². The van der Waals surface area contributed by atoms with E-state index in [1.807, 2.05) is 32.0 Å². The number of para-hydroxylation sites is 1. The quantitative estimate of drug-likeness (QED) is 0.588. The van der Waals surface area contributed by atoms with Gasteiger partial charge < -0.3 is 19.8 Å². The zero-order valence-electron chi connectivity index (χ0n) is 15.9. The molecular formula is C20H28N4O2. The number of nitrogens with zero attached hydrogens (tertiary/aromatic N) is 3. The molecule has 0 amide bonds. The van der Waals surface area contributed by atoms with Crippen LogP contribution in [-0.2, 0) is 22.4 Å². The molecule has 3 aromatic rings. The molecular weight excluding hydrogens is 328 g/mol. The highest BCUT2D eigenvalue weighted by Crippen LogP contribution is 2.29. The SMILES string of the molecule is CCCc1nc2c(N)nc3ccccc3c2n1CCC(OCC)OCC. The number of anilines is 1. The number of aromatic nitrogens is 3. The molecule has 0 saturated carbocycles. The third kappa shape index (κ3) is 3.66. The minimum Gasteiger partial charge on any atom is -0.382 e. The summed E-state index contributed by atoms with van der Waals surface area (Å²) in [4.78, 5) is 9.34. The largest absolute Gasteiger partial charge is 0.382 e. The normalized spacial score (nSPS) is 11.8. The third-order valence-corrected chi connectivity index (χ3v) is 4.46. The van der Waals surface area contributed by atoms with Gasteiger partial charge in [-0.25, -0.2) is 9.97 Å². The van der Waals surface area contributed by atoms with Crippen molar-refractivity contribution >= 4 is 27.8 Å². The fraction of sp³-hybridized carbons (Fsp3) is 0.500. The molecule has 0 aliphatic heterocycles. The molecule has 0 radical (unpaired) electrons. The molecule has 0 bridgehead atoms. The lowest BCUT2D eigenvalue weighted by Gasteiger charge is -2.18. The summed E-state index contributed by atoms with van der Waals surface area (Å²) in [5.74, 6) is 1.53. The zero-order valence-corrected chi connectivity index (χ0v) is 15.9. The van der Waals surface area contributed by atoms with Gasteiger partial charge in [-0.1, -0.05) is 25.1 Å². The second-order valence-corrected chi connectivity index (χ2v) is 6.27. The molecule has 2 heterocycles. The molecule has 0 atom stereocenters. The fourth-order valence-electron chi connectivity index (χ4n) is 3.38. The summed E-state index contributed by atoms with van der Waals surface area (Å²) in [5.41, 5.74) is 8.96. The average Bonchev–Trinajstić information content (AvgIpc) is 3.00. The average molecular weight is 356 g/mol. The van der Waals surface area contributed by atoms with E-state index in [0.29, 0.717) is 19.0 Å². The molecule has 0 fully saturated rings. The maximum atomic E-state index is 6.22. The van der Waals surface area contributed by atoms with Crippen molar-refractivity contribution in [2.45, 2.75) is 52.9 Å². The zero-order chi connectivity index (χ0) is 18.5. The van der Waals surface area contributed by atoms with Crippen LogP contribution in [-0.4, -0.2) is 34.0 Å². The van der Waals surface area contributed by atoms with Crippen molar-refractivity contribution in [2.75, 3.05) is 18.9 Å². The van der Waals surface area contributed by atoms with Crippen molar-refractivity contribution in [1.82, 2.24) is 14.5 Å². The lowest BCUT2D eigenvalue weighted by molar-refractivity contribution is -0.140. The number of imidazole rings is 1. The summed E-state index contributed by atoms with van der Waals surface area (Å²) in [6.07, 6.45) is 2.48. The standard InChI is InChI=1S/C20H28N4O2/c1-4-9-16-23-18-19(14-10-7-8-11-15(14)22-20(18)21)24(16)13-12-17(25-5-2)26-6-3/h7-8,10-11,17H,4-6,9,12-13H2,1-3H3,(H2,21,22). The van der Waals surface area contributed by atoms with Gasteiger partial charge >= 0.3 is 0 Å². The summed E-state index contributed by atoms with van der Waals surface area (Å²) in [7, 11) is 0. The number of nitrogens with two attached hydrogens (primary N) is 1. The number of benzene rings is 1. The Hall–Kier alpha value is -2.18. The van der Waals surface area contributed by atoms with Gasteiger partial charge in [-0.2, -0.15) is 0 Å². The van der Waals surface area contributed by atoms with Gasteiger partial charge in [0.15, 0.2) is 12.1 Å². The number of ether oxygens (including phenoxy) is 2. The third-order valence-electron chi connectivity index (χ3n) is 4.46. The number of fused-ring (bicyclic) bond motifs is 3. The Balaban J connectivity index is 2.07. The van der Waals surface area contributed by atoms with Gasteiger partial charge in [0, 0.05) is 38.0 Å². The highest BCUT2D eigenvalue weighted by molar-refractivity contribution is 6.06. The van der Waals surface area contributed by atoms with Gasteiger partial charge in [-0.05, 0) is 26.3 Å². The van der Waals surface area contributed by atoms with E-state index in [9.17, 15) is 0 Å². The molecule has 2 aromatic heterocycles. The predicted molar refractivity (Wildman–Crippen MR) is 105 cm³/mol. The predicted octanol–water partition coefficient (Wildman–Crippen LogP) is 3.91. The van der Waals surface area contributed by atoms with E-state index in [0.717, 1.165) is 53.6 Å².